The summed E-state index contributed by atoms with van der Waals surface area (Å²) in [7, 11) is -0.749. The first-order valence-corrected chi connectivity index (χ1v) is 5.24. The highest BCUT2D eigenvalue weighted by molar-refractivity contribution is 7.91. The zero-order valence-electron chi connectivity index (χ0n) is 6.37. The second kappa shape index (κ2) is 2.51. The van der Waals surface area contributed by atoms with Crippen LogP contribution in [-0.2, 0) is 9.84 Å². The van der Waals surface area contributed by atoms with E-state index in [1.165, 1.54) is 0 Å². The summed E-state index contributed by atoms with van der Waals surface area (Å²) >= 11 is 0. The molecule has 1 fully saturated rings. The van der Waals surface area contributed by atoms with Crippen molar-refractivity contribution in [1.82, 2.24) is 4.90 Å². The minimum atomic E-state index is -2.71. The van der Waals surface area contributed by atoms with Gasteiger partial charge in [-0.1, -0.05) is 0 Å². The predicted octanol–water partition coefficient (Wildman–Crippen LogP) is -0.265. The molecule has 0 aromatic rings. The number of hydrogen-bond acceptors (Lipinski definition) is 3. The maximum absolute atomic E-state index is 11.0. The maximum atomic E-state index is 11.0. The highest BCUT2D eigenvalue weighted by Crippen LogP contribution is 2.07. The van der Waals surface area contributed by atoms with Gasteiger partial charge in [0.15, 0.2) is 9.84 Å². The minimum Gasteiger partial charge on any atom is -0.302 e. The lowest BCUT2D eigenvalue weighted by atomic mass is 10.3. The van der Waals surface area contributed by atoms with Crippen molar-refractivity contribution in [2.45, 2.75) is 13.0 Å². The minimum absolute atomic E-state index is 0.193. The van der Waals surface area contributed by atoms with E-state index in [0.717, 1.165) is 0 Å². The molecule has 60 valence electrons. The molecule has 0 N–H and O–H groups in total. The summed E-state index contributed by atoms with van der Waals surface area (Å²) in [5, 5.41) is 0. The van der Waals surface area contributed by atoms with Crippen LogP contribution in [-0.4, -0.2) is 44.5 Å². The third-order valence-corrected chi connectivity index (χ3v) is 3.80. The number of rotatable bonds is 0. The third-order valence-electron chi connectivity index (χ3n) is 2.00. The fraction of sp³-hybridized carbons (Fsp3) is 1.00. The van der Waals surface area contributed by atoms with Crippen molar-refractivity contribution in [1.29, 1.82) is 0 Å². The van der Waals surface area contributed by atoms with Crippen molar-refractivity contribution in [3.8, 4) is 0 Å². The lowest BCUT2D eigenvalue weighted by molar-refractivity contribution is 0.279. The SMILES string of the molecule is CC1CS(=O)(=O)CCN1C. The van der Waals surface area contributed by atoms with Crippen LogP contribution in [0.1, 0.15) is 6.92 Å². The average molecular weight is 163 g/mol. The number of hydrogen-bond donors (Lipinski definition) is 0. The molecular formula is C6H13NO2S. The van der Waals surface area contributed by atoms with Gasteiger partial charge in [0.1, 0.15) is 0 Å². The summed E-state index contributed by atoms with van der Waals surface area (Å²) < 4.78 is 22.0. The first-order valence-electron chi connectivity index (χ1n) is 3.42. The van der Waals surface area contributed by atoms with Crippen LogP contribution in [0.25, 0.3) is 0 Å². The summed E-state index contributed by atoms with van der Waals surface area (Å²) in [6, 6.07) is 0.193. The summed E-state index contributed by atoms with van der Waals surface area (Å²) in [5.74, 6) is 0.650. The molecular weight excluding hydrogens is 150 g/mol. The normalized spacial score (nSPS) is 34.0. The Hall–Kier alpha value is -0.0900. The predicted molar refractivity (Wildman–Crippen MR) is 40.7 cm³/mol. The van der Waals surface area contributed by atoms with Crippen molar-refractivity contribution < 1.29 is 8.42 Å². The molecule has 0 aromatic heterocycles. The Morgan fingerprint density at radius 2 is 2.10 bits per heavy atom. The van der Waals surface area contributed by atoms with E-state index in [1.807, 2.05) is 14.0 Å². The van der Waals surface area contributed by atoms with Crippen LogP contribution in [0.15, 0.2) is 0 Å². The molecule has 0 amide bonds. The molecule has 1 rings (SSSR count). The largest absolute Gasteiger partial charge is 0.302 e. The van der Waals surface area contributed by atoms with Crippen molar-refractivity contribution in [2.75, 3.05) is 25.1 Å². The van der Waals surface area contributed by atoms with Gasteiger partial charge in [0, 0.05) is 12.6 Å². The molecule has 4 heteroatoms. The fourth-order valence-electron chi connectivity index (χ4n) is 1.08. The summed E-state index contributed by atoms with van der Waals surface area (Å²) in [6.07, 6.45) is 0. The topological polar surface area (TPSA) is 37.4 Å². The van der Waals surface area contributed by atoms with Crippen LogP contribution >= 0.6 is 0 Å². The Balaban J connectivity index is 2.66. The second-order valence-corrected chi connectivity index (χ2v) is 5.17. The van der Waals surface area contributed by atoms with Crippen LogP contribution in [0.4, 0.5) is 0 Å². The smallest absolute Gasteiger partial charge is 0.153 e. The Morgan fingerprint density at radius 3 is 2.50 bits per heavy atom. The van der Waals surface area contributed by atoms with Gasteiger partial charge >= 0.3 is 0 Å². The van der Waals surface area contributed by atoms with Gasteiger partial charge in [0.25, 0.3) is 0 Å². The lowest BCUT2D eigenvalue weighted by Crippen LogP contribution is -2.44. The highest BCUT2D eigenvalue weighted by Gasteiger charge is 2.24. The Kier molecular flexibility index (Phi) is 2.01. The molecule has 0 spiro atoms. The Morgan fingerprint density at radius 1 is 1.50 bits per heavy atom. The van der Waals surface area contributed by atoms with Gasteiger partial charge in [-0.3, -0.25) is 0 Å². The van der Waals surface area contributed by atoms with Crippen LogP contribution < -0.4 is 0 Å². The summed E-state index contributed by atoms with van der Waals surface area (Å²) in [5.41, 5.74) is 0. The van der Waals surface area contributed by atoms with E-state index in [2.05, 4.69) is 4.90 Å². The fourth-order valence-corrected chi connectivity index (χ4v) is 2.80. The molecule has 0 saturated carbocycles. The maximum Gasteiger partial charge on any atom is 0.153 e. The van der Waals surface area contributed by atoms with Gasteiger partial charge in [-0.05, 0) is 14.0 Å². The molecule has 1 heterocycles. The van der Waals surface area contributed by atoms with Gasteiger partial charge in [0.2, 0.25) is 0 Å². The van der Waals surface area contributed by atoms with E-state index in [4.69, 9.17) is 0 Å². The quantitative estimate of drug-likeness (QED) is 0.493. The third kappa shape index (κ3) is 1.70. The monoisotopic (exact) mass is 163 g/mol. The van der Waals surface area contributed by atoms with Gasteiger partial charge in [-0.2, -0.15) is 0 Å². The van der Waals surface area contributed by atoms with Gasteiger partial charge in [-0.25, -0.2) is 8.42 Å². The molecule has 0 aliphatic carbocycles. The van der Waals surface area contributed by atoms with E-state index in [-0.39, 0.29) is 6.04 Å². The molecule has 1 unspecified atom stereocenters. The lowest BCUT2D eigenvalue weighted by Gasteiger charge is -2.28. The molecule has 0 bridgehead atoms. The molecule has 1 saturated heterocycles. The van der Waals surface area contributed by atoms with Crippen LogP contribution in [0, 0.1) is 0 Å². The van der Waals surface area contributed by atoms with Gasteiger partial charge in [-0.15, -0.1) is 0 Å². The molecule has 1 aliphatic rings. The molecule has 1 aliphatic heterocycles. The van der Waals surface area contributed by atoms with Gasteiger partial charge < -0.3 is 4.90 Å². The number of sulfone groups is 1. The summed E-state index contributed by atoms with van der Waals surface area (Å²) in [4.78, 5) is 2.07. The second-order valence-electron chi connectivity index (χ2n) is 2.94. The zero-order valence-corrected chi connectivity index (χ0v) is 7.19. The standard InChI is InChI=1S/C6H13NO2S/c1-6-5-10(8,9)4-3-7(6)2/h6H,3-5H2,1-2H3. The van der Waals surface area contributed by atoms with Crippen molar-refractivity contribution >= 4 is 9.84 Å². The van der Waals surface area contributed by atoms with Crippen LogP contribution in [0.2, 0.25) is 0 Å². The number of nitrogens with zero attached hydrogens (tertiary/aromatic N) is 1. The van der Waals surface area contributed by atoms with E-state index in [9.17, 15) is 8.42 Å². The van der Waals surface area contributed by atoms with Crippen LogP contribution in [0.5, 0.6) is 0 Å². The van der Waals surface area contributed by atoms with Crippen molar-refractivity contribution in [2.24, 2.45) is 0 Å². The first kappa shape index (κ1) is 8.01. The van der Waals surface area contributed by atoms with E-state index >= 15 is 0 Å². The molecule has 3 nitrogen and oxygen atoms in total. The van der Waals surface area contributed by atoms with Crippen LogP contribution in [0.3, 0.4) is 0 Å². The van der Waals surface area contributed by atoms with Gasteiger partial charge in [0.05, 0.1) is 11.5 Å². The van der Waals surface area contributed by atoms with E-state index < -0.39 is 9.84 Å². The molecule has 0 radical (unpaired) electrons. The molecule has 10 heavy (non-hydrogen) atoms. The summed E-state index contributed by atoms with van der Waals surface area (Å²) in [6.45, 7) is 2.63. The zero-order chi connectivity index (χ0) is 7.78. The first-order chi connectivity index (χ1) is 4.51. The van der Waals surface area contributed by atoms with E-state index in [1.54, 1.807) is 0 Å². The molecule has 1 atom stereocenters. The highest BCUT2D eigenvalue weighted by atomic mass is 32.2. The Labute approximate surface area is 61.9 Å². The average Bonchev–Trinajstić information content (AvgIpc) is 1.79. The van der Waals surface area contributed by atoms with E-state index in [0.29, 0.717) is 18.1 Å². The Bertz CT molecular complexity index is 210. The molecule has 0 aromatic carbocycles. The van der Waals surface area contributed by atoms with Crippen molar-refractivity contribution in [3.05, 3.63) is 0 Å². The van der Waals surface area contributed by atoms with Crippen molar-refractivity contribution in [3.63, 3.8) is 0 Å².